The highest BCUT2D eigenvalue weighted by Crippen LogP contribution is 2.53. The topological polar surface area (TPSA) is 69.9 Å². The van der Waals surface area contributed by atoms with Gasteiger partial charge < -0.3 is 20.1 Å². The lowest BCUT2D eigenvalue weighted by atomic mass is 9.66. The first-order valence-corrected chi connectivity index (χ1v) is 7.26. The van der Waals surface area contributed by atoms with E-state index in [0.29, 0.717) is 11.3 Å². The van der Waals surface area contributed by atoms with Crippen LogP contribution in [0.3, 0.4) is 0 Å². The summed E-state index contributed by atoms with van der Waals surface area (Å²) in [6.07, 6.45) is 0.749. The van der Waals surface area contributed by atoms with Gasteiger partial charge in [-0.25, -0.2) is 0 Å². The molecule has 3 N–H and O–H groups in total. The number of hydrogen-bond acceptors (Lipinski definition) is 4. The van der Waals surface area contributed by atoms with Crippen LogP contribution in [-0.2, 0) is 12.0 Å². The molecule has 0 saturated carbocycles. The fourth-order valence-corrected chi connectivity index (χ4v) is 3.13. The third kappa shape index (κ3) is 2.06. The molecule has 0 aliphatic carbocycles. The first-order valence-electron chi connectivity index (χ1n) is 7.26. The number of ether oxygens (including phenoxy) is 1. The van der Waals surface area contributed by atoms with Crippen molar-refractivity contribution >= 4 is 0 Å². The molecule has 2 aromatic rings. The van der Waals surface area contributed by atoms with Crippen LogP contribution >= 0.6 is 0 Å². The van der Waals surface area contributed by atoms with Crippen LogP contribution < -0.4 is 4.74 Å². The Kier molecular flexibility index (Phi) is 3.02. The molecule has 3 rings (SSSR count). The van der Waals surface area contributed by atoms with Crippen LogP contribution in [0, 0.1) is 5.41 Å². The van der Waals surface area contributed by atoms with E-state index in [1.54, 1.807) is 18.2 Å². The highest BCUT2D eigenvalue weighted by molar-refractivity contribution is 5.48. The summed E-state index contributed by atoms with van der Waals surface area (Å²) >= 11 is 0. The number of phenolic OH excluding ortho intramolecular Hbond substituents is 3. The minimum absolute atomic E-state index is 0.000761. The summed E-state index contributed by atoms with van der Waals surface area (Å²) in [5, 5.41) is 29.5. The van der Waals surface area contributed by atoms with Gasteiger partial charge in [0.05, 0.1) is 0 Å². The SMILES string of the molecule is CC1(C)Cc2ccc(O)cc2OC1(C)c1ccc(O)cc1O. The number of aromatic hydroxyl groups is 3. The Morgan fingerprint density at radius 3 is 2.23 bits per heavy atom. The van der Waals surface area contributed by atoms with Gasteiger partial charge in [-0.1, -0.05) is 19.9 Å². The minimum atomic E-state index is -0.786. The lowest BCUT2D eigenvalue weighted by Gasteiger charge is -2.48. The predicted molar refractivity (Wildman–Crippen MR) is 83.3 cm³/mol. The number of rotatable bonds is 1. The first kappa shape index (κ1) is 14.6. The van der Waals surface area contributed by atoms with Crippen molar-refractivity contribution in [3.05, 3.63) is 47.5 Å². The molecule has 1 atom stereocenters. The first-order chi connectivity index (χ1) is 10.2. The van der Waals surface area contributed by atoms with Crippen molar-refractivity contribution in [1.82, 2.24) is 0 Å². The van der Waals surface area contributed by atoms with E-state index in [9.17, 15) is 15.3 Å². The van der Waals surface area contributed by atoms with Crippen LogP contribution in [0.25, 0.3) is 0 Å². The molecule has 4 heteroatoms. The van der Waals surface area contributed by atoms with Gasteiger partial charge in [0.2, 0.25) is 0 Å². The fraction of sp³-hybridized carbons (Fsp3) is 0.333. The van der Waals surface area contributed by atoms with E-state index >= 15 is 0 Å². The van der Waals surface area contributed by atoms with Crippen LogP contribution in [0.2, 0.25) is 0 Å². The maximum Gasteiger partial charge on any atom is 0.140 e. The molecule has 0 bridgehead atoms. The Morgan fingerprint density at radius 2 is 1.55 bits per heavy atom. The van der Waals surface area contributed by atoms with Crippen molar-refractivity contribution in [3.63, 3.8) is 0 Å². The maximum absolute atomic E-state index is 10.3. The van der Waals surface area contributed by atoms with E-state index < -0.39 is 5.60 Å². The van der Waals surface area contributed by atoms with E-state index in [-0.39, 0.29) is 22.7 Å². The van der Waals surface area contributed by atoms with Crippen molar-refractivity contribution in [2.24, 2.45) is 5.41 Å². The Bertz CT molecular complexity index is 736. The van der Waals surface area contributed by atoms with Crippen molar-refractivity contribution in [1.29, 1.82) is 0 Å². The van der Waals surface area contributed by atoms with Crippen LogP contribution in [0.4, 0.5) is 0 Å². The van der Waals surface area contributed by atoms with Gasteiger partial charge in [-0.3, -0.25) is 0 Å². The molecule has 2 aromatic carbocycles. The molecular weight excluding hydrogens is 280 g/mol. The van der Waals surface area contributed by atoms with Crippen molar-refractivity contribution in [2.45, 2.75) is 32.8 Å². The number of hydrogen-bond donors (Lipinski definition) is 3. The van der Waals surface area contributed by atoms with E-state index in [1.807, 2.05) is 13.0 Å². The number of fused-ring (bicyclic) bond motifs is 1. The second-order valence-corrected chi connectivity index (χ2v) is 6.69. The Hall–Kier alpha value is -2.36. The molecule has 1 unspecified atom stereocenters. The second-order valence-electron chi connectivity index (χ2n) is 6.69. The second kappa shape index (κ2) is 4.57. The van der Waals surface area contributed by atoms with Gasteiger partial charge in [0.1, 0.15) is 28.6 Å². The van der Waals surface area contributed by atoms with Gasteiger partial charge in [0, 0.05) is 23.1 Å². The zero-order chi connectivity index (χ0) is 16.1. The molecule has 1 aliphatic rings. The molecule has 0 spiro atoms. The average molecular weight is 300 g/mol. The lowest BCUT2D eigenvalue weighted by Crippen LogP contribution is -2.48. The maximum atomic E-state index is 10.3. The number of phenols is 3. The minimum Gasteiger partial charge on any atom is -0.508 e. The third-order valence-corrected chi connectivity index (χ3v) is 4.78. The molecule has 1 aliphatic heterocycles. The fourth-order valence-electron chi connectivity index (χ4n) is 3.13. The molecule has 1 heterocycles. The molecule has 0 fully saturated rings. The smallest absolute Gasteiger partial charge is 0.140 e. The normalized spacial score (nSPS) is 22.7. The largest absolute Gasteiger partial charge is 0.508 e. The molecule has 22 heavy (non-hydrogen) atoms. The van der Waals surface area contributed by atoms with Gasteiger partial charge in [-0.05, 0) is 37.1 Å². The van der Waals surface area contributed by atoms with Crippen LogP contribution in [0.1, 0.15) is 31.9 Å². The molecule has 0 aromatic heterocycles. The summed E-state index contributed by atoms with van der Waals surface area (Å²) in [4.78, 5) is 0. The summed E-state index contributed by atoms with van der Waals surface area (Å²) in [6, 6.07) is 9.65. The van der Waals surface area contributed by atoms with E-state index in [1.165, 1.54) is 12.1 Å². The quantitative estimate of drug-likeness (QED) is 0.751. The molecule has 4 nitrogen and oxygen atoms in total. The van der Waals surface area contributed by atoms with Gasteiger partial charge in [-0.15, -0.1) is 0 Å². The van der Waals surface area contributed by atoms with Crippen molar-refractivity contribution in [2.75, 3.05) is 0 Å². The van der Waals surface area contributed by atoms with E-state index in [0.717, 1.165) is 12.0 Å². The zero-order valence-electron chi connectivity index (χ0n) is 12.9. The predicted octanol–water partition coefficient (Wildman–Crippen LogP) is 3.68. The summed E-state index contributed by atoms with van der Waals surface area (Å²) in [5.41, 5.74) is 0.569. The van der Waals surface area contributed by atoms with Crippen LogP contribution in [0.15, 0.2) is 36.4 Å². The van der Waals surface area contributed by atoms with E-state index in [2.05, 4.69) is 13.8 Å². The standard InChI is InChI=1S/C18H20O4/c1-17(2)10-11-4-5-13(20)9-16(11)22-18(17,3)14-7-6-12(19)8-15(14)21/h4-9,19-21H,10H2,1-3H3. The molecule has 0 amide bonds. The van der Waals surface area contributed by atoms with Gasteiger partial charge in [-0.2, -0.15) is 0 Å². The van der Waals surface area contributed by atoms with E-state index in [4.69, 9.17) is 4.74 Å². The monoisotopic (exact) mass is 300 g/mol. The molecule has 0 radical (unpaired) electrons. The van der Waals surface area contributed by atoms with Crippen LogP contribution in [0.5, 0.6) is 23.0 Å². The van der Waals surface area contributed by atoms with Crippen molar-refractivity contribution < 1.29 is 20.1 Å². The van der Waals surface area contributed by atoms with Gasteiger partial charge in [0.15, 0.2) is 0 Å². The lowest BCUT2D eigenvalue weighted by molar-refractivity contribution is -0.0502. The Morgan fingerprint density at radius 1 is 0.909 bits per heavy atom. The Balaban J connectivity index is 2.16. The van der Waals surface area contributed by atoms with Crippen LogP contribution in [-0.4, -0.2) is 15.3 Å². The van der Waals surface area contributed by atoms with Crippen molar-refractivity contribution in [3.8, 4) is 23.0 Å². The van der Waals surface area contributed by atoms with Gasteiger partial charge >= 0.3 is 0 Å². The third-order valence-electron chi connectivity index (χ3n) is 4.78. The summed E-state index contributed by atoms with van der Waals surface area (Å²) in [5.74, 6) is 0.778. The summed E-state index contributed by atoms with van der Waals surface area (Å²) in [6.45, 7) is 6.08. The summed E-state index contributed by atoms with van der Waals surface area (Å²) in [7, 11) is 0. The molecular formula is C18H20O4. The summed E-state index contributed by atoms with van der Waals surface area (Å²) < 4.78 is 6.22. The number of benzene rings is 2. The zero-order valence-corrected chi connectivity index (χ0v) is 12.9. The Labute approximate surface area is 129 Å². The molecule has 0 saturated heterocycles. The highest BCUT2D eigenvalue weighted by Gasteiger charge is 2.49. The molecule has 116 valence electrons. The highest BCUT2D eigenvalue weighted by atomic mass is 16.5. The van der Waals surface area contributed by atoms with Gasteiger partial charge in [0.25, 0.3) is 0 Å². The average Bonchev–Trinajstić information content (AvgIpc) is 2.40.